The lowest BCUT2D eigenvalue weighted by atomic mass is 9.95. The molecule has 0 saturated heterocycles. The van der Waals surface area contributed by atoms with E-state index in [0.29, 0.717) is 12.8 Å². The summed E-state index contributed by atoms with van der Waals surface area (Å²) in [6, 6.07) is 1.14. The average Bonchev–Trinajstić information content (AvgIpc) is 2.77. The number of aromatic nitrogens is 1. The van der Waals surface area contributed by atoms with E-state index < -0.39 is 11.9 Å². The number of carboxylic acid groups (broad SMARTS) is 1. The molecule has 98 valence electrons. The fourth-order valence-corrected chi connectivity index (χ4v) is 2.35. The Balaban J connectivity index is 2.04. The van der Waals surface area contributed by atoms with Gasteiger partial charge in [-0.05, 0) is 12.8 Å². The molecule has 0 aliphatic heterocycles. The Bertz CT molecular complexity index is 416. The number of hydrogen-bond acceptors (Lipinski definition) is 4. The summed E-state index contributed by atoms with van der Waals surface area (Å²) in [5.41, 5.74) is 0.184. The van der Waals surface area contributed by atoms with E-state index in [1.54, 1.807) is 0 Å². The van der Waals surface area contributed by atoms with E-state index in [0.717, 1.165) is 19.3 Å². The van der Waals surface area contributed by atoms with Crippen LogP contribution < -0.4 is 5.32 Å². The summed E-state index contributed by atoms with van der Waals surface area (Å²) >= 11 is 0. The first kappa shape index (κ1) is 12.6. The monoisotopic (exact) mass is 252 g/mol. The Morgan fingerprint density at radius 3 is 2.78 bits per heavy atom. The molecule has 6 nitrogen and oxygen atoms in total. The summed E-state index contributed by atoms with van der Waals surface area (Å²) < 4.78 is 4.60. The molecule has 1 saturated carbocycles. The van der Waals surface area contributed by atoms with E-state index in [1.165, 1.54) is 12.3 Å². The molecule has 1 heterocycles. The van der Waals surface area contributed by atoms with Crippen LogP contribution in [0, 0.1) is 5.92 Å². The van der Waals surface area contributed by atoms with Gasteiger partial charge in [-0.15, -0.1) is 0 Å². The van der Waals surface area contributed by atoms with E-state index in [-0.39, 0.29) is 17.6 Å². The van der Waals surface area contributed by atoms with Gasteiger partial charge in [0.15, 0.2) is 5.69 Å². The zero-order chi connectivity index (χ0) is 13.0. The van der Waals surface area contributed by atoms with Crippen molar-refractivity contribution in [3.8, 4) is 0 Å². The van der Waals surface area contributed by atoms with Crippen LogP contribution in [-0.2, 0) is 4.79 Å². The molecule has 2 rings (SSSR count). The molecule has 6 heteroatoms. The number of hydrogen-bond donors (Lipinski definition) is 2. The fraction of sp³-hybridized carbons (Fsp3) is 0.583. The van der Waals surface area contributed by atoms with Crippen LogP contribution in [0.4, 0.5) is 0 Å². The van der Waals surface area contributed by atoms with Crippen LogP contribution >= 0.6 is 0 Å². The second-order valence-electron chi connectivity index (χ2n) is 4.55. The maximum absolute atomic E-state index is 11.8. The molecule has 1 aromatic heterocycles. The summed E-state index contributed by atoms with van der Waals surface area (Å²) in [5.74, 6) is -1.73. The molecule has 0 spiro atoms. The van der Waals surface area contributed by atoms with Crippen LogP contribution in [0.15, 0.2) is 16.9 Å². The fourth-order valence-electron chi connectivity index (χ4n) is 2.35. The molecule has 2 unspecified atom stereocenters. The van der Waals surface area contributed by atoms with Gasteiger partial charge in [-0.3, -0.25) is 9.59 Å². The molecule has 18 heavy (non-hydrogen) atoms. The highest BCUT2D eigenvalue weighted by Gasteiger charge is 2.31. The minimum absolute atomic E-state index is 0.184. The number of nitrogens with zero attached hydrogens (tertiary/aromatic N) is 1. The number of carbonyl (C=O) groups excluding carboxylic acids is 1. The predicted octanol–water partition coefficient (Wildman–Crippen LogP) is 1.44. The molecular weight excluding hydrogens is 236 g/mol. The van der Waals surface area contributed by atoms with Crippen molar-refractivity contribution in [2.45, 2.75) is 38.1 Å². The highest BCUT2D eigenvalue weighted by atomic mass is 16.5. The van der Waals surface area contributed by atoms with E-state index in [2.05, 4.69) is 15.0 Å². The smallest absolute Gasteiger partial charge is 0.308 e. The zero-order valence-electron chi connectivity index (χ0n) is 9.96. The van der Waals surface area contributed by atoms with Gasteiger partial charge in [-0.25, -0.2) is 0 Å². The number of carboxylic acids is 1. The largest absolute Gasteiger partial charge is 0.481 e. The van der Waals surface area contributed by atoms with Crippen molar-refractivity contribution in [2.24, 2.45) is 5.92 Å². The van der Waals surface area contributed by atoms with Gasteiger partial charge in [0.2, 0.25) is 0 Å². The molecule has 1 amide bonds. The third kappa shape index (κ3) is 2.88. The third-order valence-electron chi connectivity index (χ3n) is 3.32. The van der Waals surface area contributed by atoms with Crippen molar-refractivity contribution in [1.29, 1.82) is 0 Å². The zero-order valence-corrected chi connectivity index (χ0v) is 9.96. The SMILES string of the molecule is O=C(NC1CCCCCC1C(=O)O)c1ccon1. The van der Waals surface area contributed by atoms with Gasteiger partial charge < -0.3 is 14.9 Å². The maximum Gasteiger partial charge on any atom is 0.308 e. The third-order valence-corrected chi connectivity index (χ3v) is 3.32. The van der Waals surface area contributed by atoms with Crippen LogP contribution in [0.25, 0.3) is 0 Å². The Morgan fingerprint density at radius 2 is 2.11 bits per heavy atom. The van der Waals surface area contributed by atoms with Crippen molar-refractivity contribution in [3.63, 3.8) is 0 Å². The Hall–Kier alpha value is -1.85. The lowest BCUT2D eigenvalue weighted by Gasteiger charge is -2.22. The number of carbonyl (C=O) groups is 2. The van der Waals surface area contributed by atoms with E-state index in [1.807, 2.05) is 0 Å². The minimum Gasteiger partial charge on any atom is -0.481 e. The van der Waals surface area contributed by atoms with Crippen LogP contribution in [0.2, 0.25) is 0 Å². The Labute approximate surface area is 104 Å². The molecular formula is C12H16N2O4. The van der Waals surface area contributed by atoms with E-state index >= 15 is 0 Å². The highest BCUT2D eigenvalue weighted by Crippen LogP contribution is 2.24. The first-order valence-electron chi connectivity index (χ1n) is 6.12. The Kier molecular flexibility index (Phi) is 3.96. The van der Waals surface area contributed by atoms with Crippen molar-refractivity contribution in [3.05, 3.63) is 18.0 Å². The van der Waals surface area contributed by atoms with E-state index in [4.69, 9.17) is 0 Å². The number of amides is 1. The summed E-state index contributed by atoms with van der Waals surface area (Å²) in [6.45, 7) is 0. The summed E-state index contributed by atoms with van der Waals surface area (Å²) in [5, 5.41) is 15.5. The standard InChI is InChI=1S/C12H16N2O4/c15-11(10-6-7-18-14-10)13-9-5-3-1-2-4-8(9)12(16)17/h6-9H,1-5H2,(H,13,15)(H,16,17). The highest BCUT2D eigenvalue weighted by molar-refractivity contribution is 5.92. The number of aliphatic carboxylic acids is 1. The number of nitrogens with one attached hydrogen (secondary N) is 1. The van der Waals surface area contributed by atoms with Gasteiger partial charge in [-0.1, -0.05) is 24.4 Å². The molecule has 0 aromatic carbocycles. The summed E-state index contributed by atoms with van der Waals surface area (Å²) in [7, 11) is 0. The van der Waals surface area contributed by atoms with Gasteiger partial charge in [0, 0.05) is 12.1 Å². The molecule has 0 radical (unpaired) electrons. The van der Waals surface area contributed by atoms with Crippen molar-refractivity contribution in [2.75, 3.05) is 0 Å². The normalized spacial score (nSPS) is 24.2. The second-order valence-corrected chi connectivity index (χ2v) is 4.55. The lowest BCUT2D eigenvalue weighted by Crippen LogP contribution is -2.42. The van der Waals surface area contributed by atoms with Gasteiger partial charge in [0.1, 0.15) is 6.26 Å². The molecule has 0 bridgehead atoms. The van der Waals surface area contributed by atoms with Crippen LogP contribution in [-0.4, -0.2) is 28.2 Å². The maximum atomic E-state index is 11.8. The van der Waals surface area contributed by atoms with Gasteiger partial charge in [0.25, 0.3) is 5.91 Å². The van der Waals surface area contributed by atoms with Gasteiger partial charge >= 0.3 is 5.97 Å². The van der Waals surface area contributed by atoms with Crippen molar-refractivity contribution >= 4 is 11.9 Å². The first-order chi connectivity index (χ1) is 8.68. The Morgan fingerprint density at radius 1 is 1.33 bits per heavy atom. The topological polar surface area (TPSA) is 92.4 Å². The quantitative estimate of drug-likeness (QED) is 0.794. The molecule has 1 aromatic rings. The van der Waals surface area contributed by atoms with Gasteiger partial charge in [0.05, 0.1) is 5.92 Å². The summed E-state index contributed by atoms with van der Waals surface area (Å²) in [6.07, 6.45) is 5.47. The predicted molar refractivity (Wildman–Crippen MR) is 62.0 cm³/mol. The van der Waals surface area contributed by atoms with E-state index in [9.17, 15) is 14.7 Å². The van der Waals surface area contributed by atoms with Gasteiger partial charge in [-0.2, -0.15) is 0 Å². The lowest BCUT2D eigenvalue weighted by molar-refractivity contribution is -0.142. The minimum atomic E-state index is -0.845. The first-order valence-corrected chi connectivity index (χ1v) is 6.12. The van der Waals surface area contributed by atoms with Crippen LogP contribution in [0.5, 0.6) is 0 Å². The summed E-state index contributed by atoms with van der Waals surface area (Å²) in [4.78, 5) is 23.0. The second kappa shape index (κ2) is 5.66. The molecule has 2 atom stereocenters. The van der Waals surface area contributed by atoms with Crippen LogP contribution in [0.1, 0.15) is 42.6 Å². The molecule has 1 aliphatic rings. The van der Waals surface area contributed by atoms with Crippen LogP contribution in [0.3, 0.4) is 0 Å². The van der Waals surface area contributed by atoms with Crippen molar-refractivity contribution in [1.82, 2.24) is 10.5 Å². The molecule has 2 N–H and O–H groups in total. The van der Waals surface area contributed by atoms with Crippen molar-refractivity contribution < 1.29 is 19.2 Å². The average molecular weight is 252 g/mol. The molecule has 1 fully saturated rings. The molecule has 1 aliphatic carbocycles. The number of rotatable bonds is 3.